The number of anilines is 1. The molecule has 4 rings (SSSR count). The molecule has 0 saturated carbocycles. The van der Waals surface area contributed by atoms with Gasteiger partial charge in [-0.25, -0.2) is 4.98 Å². The molecule has 146 valence electrons. The highest BCUT2D eigenvalue weighted by Crippen LogP contribution is 2.27. The number of carbonyl (C=O) groups excluding carboxylic acids is 1. The van der Waals surface area contributed by atoms with Gasteiger partial charge in [-0.05, 0) is 79.9 Å². The van der Waals surface area contributed by atoms with Gasteiger partial charge in [-0.15, -0.1) is 0 Å². The second-order valence-corrected chi connectivity index (χ2v) is 7.10. The highest BCUT2D eigenvalue weighted by Gasteiger charge is 2.10. The maximum absolute atomic E-state index is 12.2. The number of hydrogen-bond acceptors (Lipinski definition) is 4. The zero-order valence-corrected chi connectivity index (χ0v) is 16.7. The van der Waals surface area contributed by atoms with E-state index in [4.69, 9.17) is 9.15 Å². The van der Waals surface area contributed by atoms with Gasteiger partial charge >= 0.3 is 0 Å². The Balaban J connectivity index is 1.42. The van der Waals surface area contributed by atoms with Crippen LogP contribution in [0.4, 0.5) is 5.69 Å². The molecule has 0 bridgehead atoms. The number of carbonyl (C=O) groups is 1. The van der Waals surface area contributed by atoms with E-state index in [1.54, 1.807) is 0 Å². The van der Waals surface area contributed by atoms with Gasteiger partial charge in [-0.3, -0.25) is 4.79 Å². The fourth-order valence-corrected chi connectivity index (χ4v) is 3.06. The van der Waals surface area contributed by atoms with Gasteiger partial charge in [-0.2, -0.15) is 0 Å². The molecule has 5 heteroatoms. The van der Waals surface area contributed by atoms with E-state index >= 15 is 0 Å². The van der Waals surface area contributed by atoms with Crippen LogP contribution in [0.1, 0.15) is 16.7 Å². The third-order valence-electron chi connectivity index (χ3n) is 4.87. The van der Waals surface area contributed by atoms with Crippen LogP contribution < -0.4 is 10.1 Å². The maximum Gasteiger partial charge on any atom is 0.262 e. The second kappa shape index (κ2) is 7.80. The van der Waals surface area contributed by atoms with E-state index in [0.29, 0.717) is 17.3 Å². The fraction of sp³-hybridized carbons (Fsp3) is 0.167. The summed E-state index contributed by atoms with van der Waals surface area (Å²) in [5.41, 5.74) is 6.51. The van der Waals surface area contributed by atoms with Crippen molar-refractivity contribution in [1.29, 1.82) is 0 Å². The molecule has 1 amide bonds. The monoisotopic (exact) mass is 386 g/mol. The topological polar surface area (TPSA) is 64.4 Å². The van der Waals surface area contributed by atoms with Crippen LogP contribution in [-0.2, 0) is 4.79 Å². The highest BCUT2D eigenvalue weighted by atomic mass is 16.5. The number of hydrogen-bond donors (Lipinski definition) is 1. The summed E-state index contributed by atoms with van der Waals surface area (Å²) in [6.07, 6.45) is 0. The lowest BCUT2D eigenvalue weighted by Gasteiger charge is -2.09. The quantitative estimate of drug-likeness (QED) is 0.496. The number of amides is 1. The number of fused-ring (bicyclic) bond motifs is 1. The number of nitrogens with zero attached hydrogens (tertiary/aromatic N) is 1. The molecule has 0 radical (unpaired) electrons. The minimum atomic E-state index is -0.214. The highest BCUT2D eigenvalue weighted by molar-refractivity contribution is 5.92. The van der Waals surface area contributed by atoms with Crippen molar-refractivity contribution in [3.05, 3.63) is 77.4 Å². The van der Waals surface area contributed by atoms with E-state index in [2.05, 4.69) is 24.1 Å². The molecule has 1 aromatic heterocycles. The first-order valence-corrected chi connectivity index (χ1v) is 9.46. The Hall–Kier alpha value is -3.60. The van der Waals surface area contributed by atoms with Gasteiger partial charge in [0.2, 0.25) is 5.89 Å². The maximum atomic E-state index is 12.2. The molecule has 0 aliphatic carbocycles. The molecule has 0 spiro atoms. The van der Waals surface area contributed by atoms with Crippen molar-refractivity contribution in [1.82, 2.24) is 4.98 Å². The molecule has 0 aliphatic rings. The molecule has 1 N–H and O–H groups in total. The van der Waals surface area contributed by atoms with Crippen LogP contribution >= 0.6 is 0 Å². The summed E-state index contributed by atoms with van der Waals surface area (Å²) >= 11 is 0. The number of nitrogens with one attached hydrogen (secondary N) is 1. The van der Waals surface area contributed by atoms with Crippen molar-refractivity contribution in [3.8, 4) is 17.2 Å². The van der Waals surface area contributed by atoms with Crippen molar-refractivity contribution >= 4 is 22.7 Å². The third kappa shape index (κ3) is 4.14. The average Bonchev–Trinajstić information content (AvgIpc) is 3.11. The van der Waals surface area contributed by atoms with Crippen LogP contribution in [-0.4, -0.2) is 17.5 Å². The lowest BCUT2D eigenvalue weighted by molar-refractivity contribution is -0.118. The number of aromatic nitrogens is 1. The molecule has 29 heavy (non-hydrogen) atoms. The first-order chi connectivity index (χ1) is 14.0. The van der Waals surface area contributed by atoms with Crippen molar-refractivity contribution in [2.45, 2.75) is 20.8 Å². The molecule has 0 aliphatic heterocycles. The number of aryl methyl sites for hydroxylation is 3. The van der Waals surface area contributed by atoms with Crippen LogP contribution in [0, 0.1) is 20.8 Å². The Morgan fingerprint density at radius 2 is 1.69 bits per heavy atom. The smallest absolute Gasteiger partial charge is 0.262 e. The summed E-state index contributed by atoms with van der Waals surface area (Å²) in [5.74, 6) is 1.05. The lowest BCUT2D eigenvalue weighted by Crippen LogP contribution is -2.20. The number of rotatable bonds is 5. The van der Waals surface area contributed by atoms with Crippen molar-refractivity contribution < 1.29 is 13.9 Å². The molecule has 0 atom stereocenters. The first-order valence-electron chi connectivity index (χ1n) is 9.46. The fourth-order valence-electron chi connectivity index (χ4n) is 3.06. The average molecular weight is 386 g/mol. The normalized spacial score (nSPS) is 10.9. The Kier molecular flexibility index (Phi) is 5.04. The summed E-state index contributed by atoms with van der Waals surface area (Å²) < 4.78 is 11.5. The molecule has 0 unspecified atom stereocenters. The predicted octanol–water partition coefficient (Wildman–Crippen LogP) is 5.44. The molecule has 4 aromatic rings. The third-order valence-corrected chi connectivity index (χ3v) is 4.87. The van der Waals surface area contributed by atoms with E-state index in [1.807, 2.05) is 67.6 Å². The van der Waals surface area contributed by atoms with E-state index in [1.165, 1.54) is 11.1 Å². The van der Waals surface area contributed by atoms with Gasteiger partial charge in [0, 0.05) is 11.3 Å². The van der Waals surface area contributed by atoms with Crippen LogP contribution in [0.2, 0.25) is 0 Å². The van der Waals surface area contributed by atoms with Crippen molar-refractivity contribution in [2.75, 3.05) is 11.9 Å². The summed E-state index contributed by atoms with van der Waals surface area (Å²) in [5, 5.41) is 2.84. The van der Waals surface area contributed by atoms with E-state index in [-0.39, 0.29) is 12.5 Å². The van der Waals surface area contributed by atoms with Gasteiger partial charge in [-0.1, -0.05) is 18.2 Å². The van der Waals surface area contributed by atoms with Crippen LogP contribution in [0.15, 0.2) is 65.1 Å². The Morgan fingerprint density at radius 3 is 2.45 bits per heavy atom. The standard InChI is InChI=1S/C24H22N2O3/c1-15-6-4-5-7-21(15)28-14-23(27)25-19-10-8-18(9-11-19)24-26-20-12-16(2)17(3)13-22(20)29-24/h4-13H,14H2,1-3H3,(H,25,27). The molecule has 0 saturated heterocycles. The largest absolute Gasteiger partial charge is 0.483 e. The number of para-hydroxylation sites is 1. The van der Waals surface area contributed by atoms with E-state index in [9.17, 15) is 4.79 Å². The van der Waals surface area contributed by atoms with E-state index in [0.717, 1.165) is 22.2 Å². The number of oxazole rings is 1. The Morgan fingerprint density at radius 1 is 0.966 bits per heavy atom. The molecule has 1 heterocycles. The Bertz CT molecular complexity index is 1140. The van der Waals surface area contributed by atoms with Gasteiger partial charge < -0.3 is 14.5 Å². The molecule has 3 aromatic carbocycles. The van der Waals surface area contributed by atoms with Crippen molar-refractivity contribution in [3.63, 3.8) is 0 Å². The Labute approximate surface area is 169 Å². The van der Waals surface area contributed by atoms with Crippen LogP contribution in [0.5, 0.6) is 5.75 Å². The second-order valence-electron chi connectivity index (χ2n) is 7.10. The lowest BCUT2D eigenvalue weighted by atomic mass is 10.1. The summed E-state index contributed by atoms with van der Waals surface area (Å²) in [4.78, 5) is 16.7. The molecular weight excluding hydrogens is 364 g/mol. The summed E-state index contributed by atoms with van der Waals surface area (Å²) in [6, 6.07) is 19.0. The predicted molar refractivity (Wildman–Crippen MR) is 114 cm³/mol. The molecule has 0 fully saturated rings. The summed E-state index contributed by atoms with van der Waals surface area (Å²) in [6.45, 7) is 6.01. The number of benzene rings is 3. The summed E-state index contributed by atoms with van der Waals surface area (Å²) in [7, 11) is 0. The van der Waals surface area contributed by atoms with Gasteiger partial charge in [0.1, 0.15) is 11.3 Å². The number of ether oxygens (including phenoxy) is 1. The molecular formula is C24H22N2O3. The first kappa shape index (κ1) is 18.7. The minimum absolute atomic E-state index is 0.0452. The van der Waals surface area contributed by atoms with Gasteiger partial charge in [0.15, 0.2) is 12.2 Å². The SMILES string of the molecule is Cc1cc2nc(-c3ccc(NC(=O)COc4ccccc4C)cc3)oc2cc1C. The zero-order valence-electron chi connectivity index (χ0n) is 16.7. The van der Waals surface area contributed by atoms with Crippen LogP contribution in [0.25, 0.3) is 22.6 Å². The minimum Gasteiger partial charge on any atom is -0.483 e. The zero-order chi connectivity index (χ0) is 20.4. The van der Waals surface area contributed by atoms with Gasteiger partial charge in [0.25, 0.3) is 5.91 Å². The van der Waals surface area contributed by atoms with E-state index < -0.39 is 0 Å². The van der Waals surface area contributed by atoms with Gasteiger partial charge in [0.05, 0.1) is 0 Å². The van der Waals surface area contributed by atoms with Crippen LogP contribution in [0.3, 0.4) is 0 Å². The van der Waals surface area contributed by atoms with Crippen molar-refractivity contribution in [2.24, 2.45) is 0 Å². The molecule has 5 nitrogen and oxygen atoms in total.